The molecule has 0 bridgehead atoms. The number of ether oxygens (including phenoxy) is 1. The maximum absolute atomic E-state index is 11.0. The van der Waals surface area contributed by atoms with E-state index in [1.165, 1.54) is 6.07 Å². The molecule has 0 heterocycles. The quantitative estimate of drug-likeness (QED) is 0.471. The molecule has 1 rings (SSSR count). The molecule has 110 valence electrons. The molecule has 20 heavy (non-hydrogen) atoms. The lowest BCUT2D eigenvalue weighted by Gasteiger charge is -2.10. The first-order valence-corrected chi connectivity index (χ1v) is 6.67. The van der Waals surface area contributed by atoms with Gasteiger partial charge in [-0.3, -0.25) is 10.1 Å². The molecule has 0 unspecified atom stereocenters. The minimum Gasteiger partial charge on any atom is -0.483 e. The van der Waals surface area contributed by atoms with Gasteiger partial charge in [-0.1, -0.05) is 25.5 Å². The van der Waals surface area contributed by atoms with E-state index in [0.717, 1.165) is 11.1 Å². The molecule has 0 atom stereocenters. The normalized spacial score (nSPS) is 10.4. The van der Waals surface area contributed by atoms with E-state index in [0.29, 0.717) is 24.9 Å². The van der Waals surface area contributed by atoms with Gasteiger partial charge in [0.15, 0.2) is 5.75 Å². The number of nitrogens with one attached hydrogen (secondary N) is 1. The Morgan fingerprint density at radius 1 is 1.45 bits per heavy atom. The number of allylic oxidation sites excluding steroid dienone is 1. The van der Waals surface area contributed by atoms with E-state index in [9.17, 15) is 10.1 Å². The van der Waals surface area contributed by atoms with E-state index in [-0.39, 0.29) is 5.69 Å². The smallest absolute Gasteiger partial charge is 0.310 e. The van der Waals surface area contributed by atoms with Crippen molar-refractivity contribution in [2.75, 3.05) is 6.61 Å². The first-order chi connectivity index (χ1) is 9.40. The molecule has 0 aromatic heterocycles. The van der Waals surface area contributed by atoms with E-state index in [2.05, 4.69) is 19.2 Å². The Bertz CT molecular complexity index is 492. The second-order valence-electron chi connectivity index (χ2n) is 5.19. The van der Waals surface area contributed by atoms with E-state index in [4.69, 9.17) is 4.74 Å². The van der Waals surface area contributed by atoms with Crippen LogP contribution >= 0.6 is 0 Å². The lowest BCUT2D eigenvalue weighted by Crippen LogP contribution is -2.21. The lowest BCUT2D eigenvalue weighted by molar-refractivity contribution is -0.385. The van der Waals surface area contributed by atoms with Crippen LogP contribution in [0, 0.1) is 10.1 Å². The predicted molar refractivity (Wildman–Crippen MR) is 80.0 cm³/mol. The molecule has 1 aromatic carbocycles. The highest BCUT2D eigenvalue weighted by atomic mass is 16.6. The predicted octanol–water partition coefficient (Wildman–Crippen LogP) is 3.44. The van der Waals surface area contributed by atoms with Crippen molar-refractivity contribution < 1.29 is 9.66 Å². The minimum atomic E-state index is -0.419. The van der Waals surface area contributed by atoms with Crippen molar-refractivity contribution in [3.8, 4) is 5.75 Å². The fraction of sp³-hybridized carbons (Fsp3) is 0.467. The summed E-state index contributed by atoms with van der Waals surface area (Å²) in [5.41, 5.74) is 2.09. The van der Waals surface area contributed by atoms with Crippen molar-refractivity contribution in [3.05, 3.63) is 45.5 Å². The summed E-state index contributed by atoms with van der Waals surface area (Å²) in [6.45, 7) is 9.02. The van der Waals surface area contributed by atoms with Gasteiger partial charge in [0.2, 0.25) is 0 Å². The number of nitro groups is 1. The van der Waals surface area contributed by atoms with Crippen molar-refractivity contribution in [2.45, 2.75) is 40.3 Å². The summed E-state index contributed by atoms with van der Waals surface area (Å²) in [5.74, 6) is 0.315. The summed E-state index contributed by atoms with van der Waals surface area (Å²) >= 11 is 0. The van der Waals surface area contributed by atoms with Crippen molar-refractivity contribution in [1.82, 2.24) is 5.32 Å². The largest absolute Gasteiger partial charge is 0.483 e. The Morgan fingerprint density at radius 3 is 2.70 bits per heavy atom. The molecular weight excluding hydrogens is 256 g/mol. The Morgan fingerprint density at radius 2 is 2.15 bits per heavy atom. The third kappa shape index (κ3) is 5.40. The Kier molecular flexibility index (Phi) is 6.18. The maximum atomic E-state index is 11.0. The molecule has 0 saturated heterocycles. The summed E-state index contributed by atoms with van der Waals surface area (Å²) in [7, 11) is 0. The second-order valence-corrected chi connectivity index (χ2v) is 5.19. The number of nitro benzene ring substituents is 1. The summed E-state index contributed by atoms with van der Waals surface area (Å²) in [4.78, 5) is 10.6. The molecule has 0 radical (unpaired) electrons. The van der Waals surface area contributed by atoms with Gasteiger partial charge in [-0.05, 0) is 31.6 Å². The average molecular weight is 278 g/mol. The first-order valence-electron chi connectivity index (χ1n) is 6.67. The van der Waals surface area contributed by atoms with Gasteiger partial charge in [0.25, 0.3) is 0 Å². The topological polar surface area (TPSA) is 64.4 Å². The lowest BCUT2D eigenvalue weighted by atomic mass is 10.2. The monoisotopic (exact) mass is 278 g/mol. The van der Waals surface area contributed by atoms with Gasteiger partial charge >= 0.3 is 5.69 Å². The van der Waals surface area contributed by atoms with Crippen molar-refractivity contribution in [2.24, 2.45) is 0 Å². The van der Waals surface area contributed by atoms with Crippen LogP contribution in [0.3, 0.4) is 0 Å². The van der Waals surface area contributed by atoms with Gasteiger partial charge in [0.05, 0.1) is 4.92 Å². The third-order valence-corrected chi connectivity index (χ3v) is 2.67. The van der Waals surface area contributed by atoms with E-state index in [1.54, 1.807) is 12.1 Å². The Labute approximate surface area is 119 Å². The van der Waals surface area contributed by atoms with Gasteiger partial charge in [-0.2, -0.15) is 0 Å². The van der Waals surface area contributed by atoms with Crippen LogP contribution in [0.2, 0.25) is 0 Å². The molecular formula is C15H22N2O3. The third-order valence-electron chi connectivity index (χ3n) is 2.67. The number of nitrogens with zero attached hydrogens (tertiary/aromatic N) is 1. The zero-order chi connectivity index (χ0) is 15.1. The van der Waals surface area contributed by atoms with Crippen LogP contribution in [0.25, 0.3) is 0 Å². The van der Waals surface area contributed by atoms with Crippen LogP contribution in [0.15, 0.2) is 29.8 Å². The summed E-state index contributed by atoms with van der Waals surface area (Å²) < 4.78 is 5.51. The number of hydrogen-bond acceptors (Lipinski definition) is 4. The van der Waals surface area contributed by atoms with Crippen LogP contribution in [0.1, 0.15) is 33.3 Å². The highest BCUT2D eigenvalue weighted by molar-refractivity contribution is 5.48. The average Bonchev–Trinajstić information content (AvgIpc) is 2.35. The van der Waals surface area contributed by atoms with Gasteiger partial charge < -0.3 is 10.1 Å². The molecule has 0 amide bonds. The van der Waals surface area contributed by atoms with E-state index >= 15 is 0 Å². The molecule has 0 spiro atoms. The minimum absolute atomic E-state index is 0.000420. The maximum Gasteiger partial charge on any atom is 0.310 e. The Hall–Kier alpha value is -1.88. The molecule has 1 aromatic rings. The van der Waals surface area contributed by atoms with Crippen LogP contribution in [-0.4, -0.2) is 17.6 Å². The van der Waals surface area contributed by atoms with Gasteiger partial charge in [0, 0.05) is 18.7 Å². The van der Waals surface area contributed by atoms with Crippen molar-refractivity contribution in [3.63, 3.8) is 0 Å². The van der Waals surface area contributed by atoms with Crippen molar-refractivity contribution in [1.29, 1.82) is 0 Å². The highest BCUT2D eigenvalue weighted by Gasteiger charge is 2.15. The number of hydrogen-bond donors (Lipinski definition) is 1. The van der Waals surface area contributed by atoms with Crippen LogP contribution in [0.5, 0.6) is 5.75 Å². The fourth-order valence-electron chi connectivity index (χ4n) is 1.56. The van der Waals surface area contributed by atoms with Crippen LogP contribution < -0.4 is 10.1 Å². The van der Waals surface area contributed by atoms with Crippen molar-refractivity contribution >= 4 is 5.69 Å². The SMILES string of the molecule is CC(C)=CCOc1cc(CNC(C)C)ccc1[N+](=O)[O-]. The standard InChI is InChI=1S/C15H22N2O3/c1-11(2)7-8-20-15-9-13(10-16-12(3)4)5-6-14(15)17(18)19/h5-7,9,12,16H,8,10H2,1-4H3. The molecule has 0 aliphatic rings. The molecule has 0 saturated carbocycles. The molecule has 5 nitrogen and oxygen atoms in total. The zero-order valence-corrected chi connectivity index (χ0v) is 12.5. The van der Waals surface area contributed by atoms with Gasteiger partial charge in [-0.15, -0.1) is 0 Å². The summed E-state index contributed by atoms with van der Waals surface area (Å²) in [6, 6.07) is 5.34. The first kappa shape index (κ1) is 16.2. The Balaban J connectivity index is 2.88. The van der Waals surface area contributed by atoms with E-state index in [1.807, 2.05) is 19.9 Å². The van der Waals surface area contributed by atoms with Crippen LogP contribution in [0.4, 0.5) is 5.69 Å². The number of rotatable bonds is 7. The van der Waals surface area contributed by atoms with Gasteiger partial charge in [-0.25, -0.2) is 0 Å². The molecule has 0 aliphatic heterocycles. The van der Waals surface area contributed by atoms with E-state index < -0.39 is 4.92 Å². The molecule has 0 aliphatic carbocycles. The van der Waals surface area contributed by atoms with Crippen LogP contribution in [-0.2, 0) is 6.54 Å². The zero-order valence-electron chi connectivity index (χ0n) is 12.5. The highest BCUT2D eigenvalue weighted by Crippen LogP contribution is 2.28. The summed E-state index contributed by atoms with van der Waals surface area (Å²) in [5, 5.41) is 14.3. The molecule has 1 N–H and O–H groups in total. The molecule has 0 fully saturated rings. The summed E-state index contributed by atoms with van der Waals surface area (Å²) in [6.07, 6.45) is 1.89. The fourth-order valence-corrected chi connectivity index (χ4v) is 1.56. The second kappa shape index (κ2) is 7.65. The molecule has 5 heteroatoms. The van der Waals surface area contributed by atoms with Gasteiger partial charge in [0.1, 0.15) is 6.61 Å². The number of benzene rings is 1.